The van der Waals surface area contributed by atoms with Gasteiger partial charge in [0.2, 0.25) is 0 Å². The maximum Gasteiger partial charge on any atom is 0.259 e. The first-order valence-electron chi connectivity index (χ1n) is 5.51. The Labute approximate surface area is 115 Å². The van der Waals surface area contributed by atoms with E-state index in [0.29, 0.717) is 22.0 Å². The van der Waals surface area contributed by atoms with Crippen molar-refractivity contribution in [2.75, 3.05) is 11.9 Å². The summed E-state index contributed by atoms with van der Waals surface area (Å²) in [5, 5.41) is 9.19. The molecular weight excluding hydrogens is 262 g/mol. The van der Waals surface area contributed by atoms with Gasteiger partial charge in [-0.2, -0.15) is 5.26 Å². The van der Waals surface area contributed by atoms with Crippen LogP contribution < -0.4 is 4.90 Å². The average Bonchev–Trinajstić information content (AvgIpc) is 2.46. The smallest absolute Gasteiger partial charge is 0.259 e. The van der Waals surface area contributed by atoms with E-state index in [0.717, 1.165) is 0 Å². The lowest BCUT2D eigenvalue weighted by molar-refractivity contribution is 0.0992. The average molecular weight is 272 g/mol. The normalized spacial score (nSPS) is 9.74. The number of aromatic nitrogens is 1. The Hall–Kier alpha value is -2.38. The highest BCUT2D eigenvalue weighted by Gasteiger charge is 2.14. The molecule has 0 aliphatic carbocycles. The van der Waals surface area contributed by atoms with Crippen molar-refractivity contribution >= 4 is 23.2 Å². The van der Waals surface area contributed by atoms with Gasteiger partial charge in [0.1, 0.15) is 5.15 Å². The topological polar surface area (TPSA) is 57.0 Å². The van der Waals surface area contributed by atoms with Gasteiger partial charge in [0.05, 0.1) is 17.2 Å². The Kier molecular flexibility index (Phi) is 3.79. The van der Waals surface area contributed by atoms with Crippen LogP contribution in [-0.4, -0.2) is 17.9 Å². The molecule has 1 aromatic heterocycles. The van der Waals surface area contributed by atoms with Crippen LogP contribution in [0.5, 0.6) is 0 Å². The summed E-state index contributed by atoms with van der Waals surface area (Å²) in [6.07, 6.45) is 1.43. The maximum absolute atomic E-state index is 12.2. The number of benzene rings is 1. The zero-order valence-corrected chi connectivity index (χ0v) is 10.9. The number of amides is 1. The first kappa shape index (κ1) is 13.1. The van der Waals surface area contributed by atoms with Crippen molar-refractivity contribution in [3.05, 3.63) is 58.9 Å². The second-order valence-electron chi connectivity index (χ2n) is 3.90. The SMILES string of the molecule is CN(C(=O)c1ccc(Cl)nc1)c1cccc(C#N)c1. The number of pyridine rings is 1. The number of carbonyl (C=O) groups is 1. The number of nitriles is 1. The molecule has 2 aromatic rings. The van der Waals surface area contributed by atoms with Gasteiger partial charge >= 0.3 is 0 Å². The zero-order valence-electron chi connectivity index (χ0n) is 10.2. The van der Waals surface area contributed by atoms with E-state index in [1.54, 1.807) is 43.4 Å². The summed E-state index contributed by atoms with van der Waals surface area (Å²) in [4.78, 5) is 17.6. The molecule has 0 aliphatic rings. The van der Waals surface area contributed by atoms with E-state index in [9.17, 15) is 4.79 Å². The van der Waals surface area contributed by atoms with Crippen molar-refractivity contribution < 1.29 is 4.79 Å². The molecule has 0 spiro atoms. The molecule has 94 valence electrons. The van der Waals surface area contributed by atoms with Gasteiger partial charge in [-0.05, 0) is 30.3 Å². The van der Waals surface area contributed by atoms with Gasteiger partial charge in [0.15, 0.2) is 0 Å². The molecule has 1 aromatic carbocycles. The van der Waals surface area contributed by atoms with Gasteiger partial charge in [0.25, 0.3) is 5.91 Å². The van der Waals surface area contributed by atoms with Crippen LogP contribution in [-0.2, 0) is 0 Å². The quantitative estimate of drug-likeness (QED) is 0.789. The van der Waals surface area contributed by atoms with Crippen LogP contribution in [0, 0.1) is 11.3 Å². The van der Waals surface area contributed by atoms with Gasteiger partial charge in [-0.15, -0.1) is 0 Å². The van der Waals surface area contributed by atoms with Gasteiger partial charge in [-0.3, -0.25) is 4.79 Å². The summed E-state index contributed by atoms with van der Waals surface area (Å²) in [6.45, 7) is 0. The molecule has 0 atom stereocenters. The predicted molar refractivity (Wildman–Crippen MR) is 73.1 cm³/mol. The second-order valence-corrected chi connectivity index (χ2v) is 4.28. The van der Waals surface area contributed by atoms with E-state index < -0.39 is 0 Å². The molecule has 4 nitrogen and oxygen atoms in total. The highest BCUT2D eigenvalue weighted by molar-refractivity contribution is 6.29. The number of hydrogen-bond acceptors (Lipinski definition) is 3. The van der Waals surface area contributed by atoms with Crippen molar-refractivity contribution in [2.24, 2.45) is 0 Å². The molecule has 19 heavy (non-hydrogen) atoms. The largest absolute Gasteiger partial charge is 0.311 e. The summed E-state index contributed by atoms with van der Waals surface area (Å²) in [6, 6.07) is 12.1. The molecular formula is C14H10ClN3O. The highest BCUT2D eigenvalue weighted by Crippen LogP contribution is 2.17. The minimum Gasteiger partial charge on any atom is -0.311 e. The van der Waals surface area contributed by atoms with Gasteiger partial charge in [-0.25, -0.2) is 4.98 Å². The van der Waals surface area contributed by atoms with Crippen LogP contribution in [0.3, 0.4) is 0 Å². The van der Waals surface area contributed by atoms with E-state index in [4.69, 9.17) is 16.9 Å². The summed E-state index contributed by atoms with van der Waals surface area (Å²) < 4.78 is 0. The number of hydrogen-bond donors (Lipinski definition) is 0. The van der Waals surface area contributed by atoms with E-state index in [2.05, 4.69) is 4.98 Å². The fraction of sp³-hybridized carbons (Fsp3) is 0.0714. The standard InChI is InChI=1S/C14H10ClN3O/c1-18(12-4-2-3-10(7-12)8-16)14(19)11-5-6-13(15)17-9-11/h2-7,9H,1H3. The molecule has 5 heteroatoms. The number of anilines is 1. The fourth-order valence-corrected chi connectivity index (χ4v) is 1.71. The van der Waals surface area contributed by atoms with Crippen LogP contribution in [0.15, 0.2) is 42.6 Å². The Bertz CT molecular complexity index is 646. The van der Waals surface area contributed by atoms with Crippen LogP contribution in [0.1, 0.15) is 15.9 Å². The van der Waals surface area contributed by atoms with Crippen LogP contribution in [0.2, 0.25) is 5.15 Å². The molecule has 0 saturated heterocycles. The first-order chi connectivity index (χ1) is 9.11. The Morgan fingerprint density at radius 2 is 2.16 bits per heavy atom. The molecule has 1 heterocycles. The lowest BCUT2D eigenvalue weighted by Crippen LogP contribution is -2.26. The Balaban J connectivity index is 2.28. The van der Waals surface area contributed by atoms with Crippen molar-refractivity contribution in [3.8, 4) is 6.07 Å². The molecule has 2 rings (SSSR count). The third-order valence-electron chi connectivity index (χ3n) is 2.64. The number of halogens is 1. The van der Waals surface area contributed by atoms with E-state index in [1.807, 2.05) is 6.07 Å². The lowest BCUT2D eigenvalue weighted by Gasteiger charge is -2.17. The maximum atomic E-state index is 12.2. The van der Waals surface area contributed by atoms with Crippen LogP contribution in [0.25, 0.3) is 0 Å². The molecule has 0 radical (unpaired) electrons. The monoisotopic (exact) mass is 271 g/mol. The molecule has 1 amide bonds. The van der Waals surface area contributed by atoms with Gasteiger partial charge in [0, 0.05) is 18.9 Å². The minimum absolute atomic E-state index is 0.209. The Morgan fingerprint density at radius 1 is 1.37 bits per heavy atom. The predicted octanol–water partition coefficient (Wildman–Crippen LogP) is 2.88. The van der Waals surface area contributed by atoms with E-state index in [1.165, 1.54) is 11.1 Å². The molecule has 0 saturated carbocycles. The van der Waals surface area contributed by atoms with Crippen LogP contribution >= 0.6 is 11.6 Å². The zero-order chi connectivity index (χ0) is 13.8. The van der Waals surface area contributed by atoms with Crippen LogP contribution in [0.4, 0.5) is 5.69 Å². The van der Waals surface area contributed by atoms with Crippen molar-refractivity contribution in [2.45, 2.75) is 0 Å². The molecule has 0 unspecified atom stereocenters. The third kappa shape index (κ3) is 2.90. The van der Waals surface area contributed by atoms with E-state index >= 15 is 0 Å². The first-order valence-corrected chi connectivity index (χ1v) is 5.89. The van der Waals surface area contributed by atoms with Crippen molar-refractivity contribution in [1.82, 2.24) is 4.98 Å². The summed E-state index contributed by atoms with van der Waals surface area (Å²) in [7, 11) is 1.65. The van der Waals surface area contributed by atoms with E-state index in [-0.39, 0.29) is 5.91 Å². The third-order valence-corrected chi connectivity index (χ3v) is 2.87. The molecule has 0 aliphatic heterocycles. The summed E-state index contributed by atoms with van der Waals surface area (Å²) in [5.41, 5.74) is 1.60. The molecule has 0 bridgehead atoms. The van der Waals surface area contributed by atoms with Gasteiger partial charge in [-0.1, -0.05) is 17.7 Å². The van der Waals surface area contributed by atoms with Crippen molar-refractivity contribution in [1.29, 1.82) is 5.26 Å². The Morgan fingerprint density at radius 3 is 2.79 bits per heavy atom. The van der Waals surface area contributed by atoms with Gasteiger partial charge < -0.3 is 4.90 Å². The van der Waals surface area contributed by atoms with Crippen molar-refractivity contribution in [3.63, 3.8) is 0 Å². The molecule has 0 fully saturated rings. The summed E-state index contributed by atoms with van der Waals surface area (Å²) >= 11 is 5.68. The highest BCUT2D eigenvalue weighted by atomic mass is 35.5. The lowest BCUT2D eigenvalue weighted by atomic mass is 10.2. The fourth-order valence-electron chi connectivity index (χ4n) is 1.60. The number of carbonyl (C=O) groups excluding carboxylic acids is 1. The second kappa shape index (κ2) is 5.51. The summed E-state index contributed by atoms with van der Waals surface area (Å²) in [5.74, 6) is -0.209. The molecule has 0 N–H and O–H groups in total. The number of nitrogens with zero attached hydrogens (tertiary/aromatic N) is 3. The minimum atomic E-state index is -0.209. The number of rotatable bonds is 2.